The van der Waals surface area contributed by atoms with E-state index in [0.717, 1.165) is 4.88 Å². The maximum absolute atomic E-state index is 15.1. The van der Waals surface area contributed by atoms with Crippen LogP contribution in [0, 0.1) is 15.9 Å². The molecule has 14 heteroatoms. The number of anilines is 3. The van der Waals surface area contributed by atoms with Gasteiger partial charge in [0.25, 0.3) is 0 Å². The Morgan fingerprint density at radius 2 is 1.85 bits per heavy atom. The summed E-state index contributed by atoms with van der Waals surface area (Å²) in [4.78, 5) is 43.2. The second-order valence-corrected chi connectivity index (χ2v) is 10.8. The lowest BCUT2D eigenvalue weighted by Crippen LogP contribution is -2.46. The van der Waals surface area contributed by atoms with Crippen molar-refractivity contribution < 1.29 is 28.4 Å². The highest BCUT2D eigenvalue weighted by molar-refractivity contribution is 7.16. The number of piperazine rings is 1. The Morgan fingerprint density at radius 3 is 2.51 bits per heavy atom. The number of nitrogens with zero attached hydrogens (tertiary/aromatic N) is 5. The monoisotopic (exact) mass is 562 g/mol. The Kier molecular flexibility index (Phi) is 8.14. The van der Waals surface area contributed by atoms with Crippen molar-refractivity contribution in [2.24, 2.45) is 0 Å². The summed E-state index contributed by atoms with van der Waals surface area (Å²) in [6.45, 7) is 7.38. The van der Waals surface area contributed by atoms with Crippen molar-refractivity contribution in [2.45, 2.75) is 19.6 Å². The number of nitro groups is 1. The van der Waals surface area contributed by atoms with Crippen molar-refractivity contribution in [3.8, 4) is 0 Å². The van der Waals surface area contributed by atoms with Gasteiger partial charge in [0.05, 0.1) is 42.6 Å². The largest absolute Gasteiger partial charge is 0.442 e. The van der Waals surface area contributed by atoms with Gasteiger partial charge in [0.2, 0.25) is 5.91 Å². The summed E-state index contributed by atoms with van der Waals surface area (Å²) < 4.78 is 25.8. The number of thiophene rings is 1. The predicted octanol–water partition coefficient (Wildman–Crippen LogP) is 2.42. The number of hydrogen-bond acceptors (Lipinski definition) is 10. The van der Waals surface area contributed by atoms with Crippen LogP contribution in [0.2, 0.25) is 0 Å². The van der Waals surface area contributed by atoms with E-state index >= 15 is 4.39 Å². The average molecular weight is 563 g/mol. The third kappa shape index (κ3) is 6.23. The van der Waals surface area contributed by atoms with E-state index in [0.29, 0.717) is 76.1 Å². The highest BCUT2D eigenvalue weighted by Crippen LogP contribution is 2.38. The number of carbonyl (C=O) groups excluding carboxylic acids is 2. The highest BCUT2D eigenvalue weighted by Gasteiger charge is 2.33. The van der Waals surface area contributed by atoms with Crippen LogP contribution >= 0.6 is 11.3 Å². The van der Waals surface area contributed by atoms with Crippen molar-refractivity contribution in [1.82, 2.24) is 10.2 Å². The Morgan fingerprint density at radius 1 is 1.13 bits per heavy atom. The molecular weight excluding hydrogens is 531 g/mol. The van der Waals surface area contributed by atoms with Crippen LogP contribution in [0.1, 0.15) is 11.8 Å². The molecule has 210 valence electrons. The first kappa shape index (κ1) is 27.1. The molecule has 3 aliphatic heterocycles. The molecule has 0 spiro atoms. The molecule has 1 aromatic heterocycles. The van der Waals surface area contributed by atoms with Crippen molar-refractivity contribution in [3.63, 3.8) is 0 Å². The van der Waals surface area contributed by atoms with Crippen molar-refractivity contribution in [2.75, 3.05) is 80.3 Å². The highest BCUT2D eigenvalue weighted by atomic mass is 32.1. The third-order valence-electron chi connectivity index (χ3n) is 7.05. The number of cyclic esters (lactones) is 1. The smallest absolute Gasteiger partial charge is 0.414 e. The molecule has 3 saturated heterocycles. The standard InChI is InChI=1S/C25H31FN6O6S/c1-17(33)27-14-19-15-31(25(34)38-19)18-2-3-22(21(26)12-18)29-6-4-28(5-7-29)16-20-13-23(24(39-20)32(35)36)30-8-10-37-11-9-30/h2-3,12-13,19H,4-11,14-16H2,1H3,(H,27,33)/t19-/m0/s1. The van der Waals surface area contributed by atoms with Crippen LogP contribution in [0.25, 0.3) is 0 Å². The third-order valence-corrected chi connectivity index (χ3v) is 8.11. The number of amides is 2. The fourth-order valence-corrected chi connectivity index (χ4v) is 6.08. The Hall–Kier alpha value is -3.49. The van der Waals surface area contributed by atoms with Crippen molar-refractivity contribution in [1.29, 1.82) is 0 Å². The molecule has 12 nitrogen and oxygen atoms in total. The predicted molar refractivity (Wildman–Crippen MR) is 144 cm³/mol. The Balaban J connectivity index is 1.18. The van der Waals surface area contributed by atoms with Gasteiger partial charge in [-0.3, -0.25) is 24.7 Å². The first-order valence-electron chi connectivity index (χ1n) is 12.9. The minimum absolute atomic E-state index is 0.163. The molecule has 0 aliphatic carbocycles. The molecule has 0 unspecified atom stereocenters. The van der Waals surface area contributed by atoms with Crippen LogP contribution in [0.15, 0.2) is 24.3 Å². The number of carbonyl (C=O) groups is 2. The van der Waals surface area contributed by atoms with Gasteiger partial charge in [-0.2, -0.15) is 0 Å². The lowest BCUT2D eigenvalue weighted by atomic mass is 10.2. The van der Waals surface area contributed by atoms with E-state index in [-0.39, 0.29) is 28.9 Å². The normalized spacial score (nSPS) is 20.3. The van der Waals surface area contributed by atoms with Crippen LogP contribution in [0.5, 0.6) is 0 Å². The van der Waals surface area contributed by atoms with E-state index in [4.69, 9.17) is 9.47 Å². The van der Waals surface area contributed by atoms with Crippen LogP contribution < -0.4 is 20.0 Å². The summed E-state index contributed by atoms with van der Waals surface area (Å²) in [5.74, 6) is -0.641. The fourth-order valence-electron chi connectivity index (χ4n) is 5.04. The summed E-state index contributed by atoms with van der Waals surface area (Å²) in [6, 6.07) is 6.63. The minimum atomic E-state index is -0.572. The molecule has 3 aliphatic rings. The number of benzene rings is 1. The van der Waals surface area contributed by atoms with Gasteiger partial charge >= 0.3 is 11.1 Å². The van der Waals surface area contributed by atoms with Crippen LogP contribution in [-0.4, -0.2) is 93.5 Å². The summed E-state index contributed by atoms with van der Waals surface area (Å²) in [6.07, 6.45) is -1.07. The quantitative estimate of drug-likeness (QED) is 0.382. The zero-order valence-electron chi connectivity index (χ0n) is 21.6. The molecule has 1 N–H and O–H groups in total. The van der Waals surface area contributed by atoms with Gasteiger partial charge in [-0.25, -0.2) is 9.18 Å². The first-order chi connectivity index (χ1) is 18.8. The molecule has 2 amide bonds. The first-order valence-corrected chi connectivity index (χ1v) is 13.7. The summed E-state index contributed by atoms with van der Waals surface area (Å²) >= 11 is 1.21. The summed E-state index contributed by atoms with van der Waals surface area (Å²) in [5, 5.41) is 14.4. The van der Waals surface area contributed by atoms with E-state index < -0.39 is 18.0 Å². The molecule has 0 bridgehead atoms. The zero-order valence-corrected chi connectivity index (χ0v) is 22.5. The van der Waals surface area contributed by atoms with Crippen LogP contribution in [0.4, 0.5) is 31.2 Å². The Labute approximate surface area is 229 Å². The molecule has 3 fully saturated rings. The van der Waals surface area contributed by atoms with E-state index in [1.807, 2.05) is 15.9 Å². The molecule has 1 atom stereocenters. The van der Waals surface area contributed by atoms with Gasteiger partial charge < -0.3 is 24.6 Å². The molecule has 5 rings (SSSR count). The lowest BCUT2D eigenvalue weighted by Gasteiger charge is -2.36. The minimum Gasteiger partial charge on any atom is -0.442 e. The molecular formula is C25H31FN6O6S. The molecule has 39 heavy (non-hydrogen) atoms. The van der Waals surface area contributed by atoms with E-state index in [1.165, 1.54) is 29.2 Å². The number of hydrogen-bond donors (Lipinski definition) is 1. The number of nitrogens with one attached hydrogen (secondary N) is 1. The van der Waals surface area contributed by atoms with Gasteiger partial charge in [-0.1, -0.05) is 11.3 Å². The van der Waals surface area contributed by atoms with E-state index in [2.05, 4.69) is 10.2 Å². The SMILES string of the molecule is CC(=O)NC[C@H]1CN(c2ccc(N3CCN(Cc4cc(N5CCOCC5)c([N+](=O)[O-])s4)CC3)c(F)c2)C(=O)O1. The second kappa shape index (κ2) is 11.7. The van der Waals surface area contributed by atoms with E-state index in [9.17, 15) is 19.7 Å². The van der Waals surface area contributed by atoms with Crippen LogP contribution in [0.3, 0.4) is 0 Å². The van der Waals surface area contributed by atoms with Crippen molar-refractivity contribution >= 4 is 45.4 Å². The summed E-state index contributed by atoms with van der Waals surface area (Å²) in [5.41, 5.74) is 1.52. The van der Waals surface area contributed by atoms with Gasteiger partial charge in [-0.05, 0) is 24.3 Å². The lowest BCUT2D eigenvalue weighted by molar-refractivity contribution is -0.379. The molecule has 2 aromatic rings. The number of ether oxygens (including phenoxy) is 2. The molecule has 4 heterocycles. The number of morpholine rings is 1. The van der Waals surface area contributed by atoms with Crippen molar-refractivity contribution in [3.05, 3.63) is 45.1 Å². The second-order valence-electron chi connectivity index (χ2n) is 9.71. The topological polar surface area (TPSA) is 121 Å². The van der Waals surface area contributed by atoms with Gasteiger partial charge in [0, 0.05) is 57.6 Å². The van der Waals surface area contributed by atoms with Gasteiger partial charge in [0.15, 0.2) is 0 Å². The van der Waals surface area contributed by atoms with Crippen LogP contribution in [-0.2, 0) is 20.8 Å². The fraction of sp³-hybridized carbons (Fsp3) is 0.520. The number of rotatable bonds is 8. The zero-order chi connectivity index (χ0) is 27.5. The summed E-state index contributed by atoms with van der Waals surface area (Å²) in [7, 11) is 0. The van der Waals surface area contributed by atoms with E-state index in [1.54, 1.807) is 12.1 Å². The average Bonchev–Trinajstić information content (AvgIpc) is 3.52. The van der Waals surface area contributed by atoms with Gasteiger partial charge in [-0.15, -0.1) is 0 Å². The Bertz CT molecular complexity index is 1230. The molecule has 0 saturated carbocycles. The maximum Gasteiger partial charge on any atom is 0.414 e. The van der Waals surface area contributed by atoms with Gasteiger partial charge in [0.1, 0.15) is 17.6 Å². The maximum atomic E-state index is 15.1. The molecule has 1 aromatic carbocycles. The molecule has 0 radical (unpaired) electrons. The number of halogens is 1.